The number of hydrazine groups is 1. The van der Waals surface area contributed by atoms with Crippen molar-refractivity contribution in [2.24, 2.45) is 0 Å². The molecule has 30 heavy (non-hydrogen) atoms. The summed E-state index contributed by atoms with van der Waals surface area (Å²) in [5.41, 5.74) is 5.89. The minimum Gasteiger partial charge on any atom is -0.322 e. The second-order valence-electron chi connectivity index (χ2n) is 7.94. The molecule has 0 unspecified atom stereocenters. The van der Waals surface area contributed by atoms with E-state index in [1.807, 2.05) is 51.1 Å². The Morgan fingerprint density at radius 3 is 2.37 bits per heavy atom. The lowest BCUT2D eigenvalue weighted by molar-refractivity contribution is -0.138. The first-order valence-electron chi connectivity index (χ1n) is 9.90. The Morgan fingerprint density at radius 1 is 1.10 bits per heavy atom. The molecule has 0 radical (unpaired) electrons. The Hall–Kier alpha value is -2.80. The number of hydrogen-bond donors (Lipinski definition) is 2. The molecule has 7 heteroatoms. The van der Waals surface area contributed by atoms with Gasteiger partial charge in [-0.05, 0) is 57.2 Å². The largest absolute Gasteiger partial charge is 0.344 e. The topological polar surface area (TPSA) is 78.5 Å². The van der Waals surface area contributed by atoms with Gasteiger partial charge in [-0.15, -0.1) is 11.8 Å². The molecule has 1 heterocycles. The lowest BCUT2D eigenvalue weighted by Gasteiger charge is -2.21. The van der Waals surface area contributed by atoms with Gasteiger partial charge in [-0.2, -0.15) is 5.01 Å². The lowest BCUT2D eigenvalue weighted by Crippen LogP contribution is -2.49. The number of nitrogens with zero attached hydrogens (tertiary/aromatic N) is 1. The van der Waals surface area contributed by atoms with Crippen molar-refractivity contribution in [3.8, 4) is 0 Å². The van der Waals surface area contributed by atoms with Crippen LogP contribution in [-0.2, 0) is 16.0 Å². The average Bonchev–Trinajstić information content (AvgIpc) is 2.90. The van der Waals surface area contributed by atoms with Crippen molar-refractivity contribution in [2.75, 3.05) is 5.75 Å². The van der Waals surface area contributed by atoms with Gasteiger partial charge in [0.2, 0.25) is 5.91 Å². The van der Waals surface area contributed by atoms with Crippen LogP contribution in [0.15, 0.2) is 47.4 Å². The Bertz CT molecular complexity index is 954. The van der Waals surface area contributed by atoms with Crippen molar-refractivity contribution in [3.63, 3.8) is 0 Å². The van der Waals surface area contributed by atoms with Crippen molar-refractivity contribution in [1.82, 2.24) is 15.8 Å². The summed E-state index contributed by atoms with van der Waals surface area (Å²) in [6.07, 6.45) is 1.09. The van der Waals surface area contributed by atoms with Crippen LogP contribution >= 0.6 is 11.8 Å². The molecule has 0 aliphatic carbocycles. The SMILES string of the molecule is Cc1cc(C)c(SCC(=O)NN2C(=O)N[C@@](C)(CCc3ccccc3)C2=O)c(C)c1. The molecular formula is C23H27N3O3S. The molecule has 6 nitrogen and oxygen atoms in total. The molecule has 2 aromatic rings. The van der Waals surface area contributed by atoms with Crippen LogP contribution in [0.1, 0.15) is 35.6 Å². The summed E-state index contributed by atoms with van der Waals surface area (Å²) in [5.74, 6) is -0.720. The number of carbonyl (C=O) groups is 3. The van der Waals surface area contributed by atoms with Crippen molar-refractivity contribution in [3.05, 3.63) is 64.7 Å². The Labute approximate surface area is 181 Å². The van der Waals surface area contributed by atoms with E-state index in [4.69, 9.17) is 0 Å². The number of amides is 4. The number of carbonyl (C=O) groups excluding carboxylic acids is 3. The zero-order chi connectivity index (χ0) is 21.9. The van der Waals surface area contributed by atoms with E-state index in [9.17, 15) is 14.4 Å². The third-order valence-corrected chi connectivity index (χ3v) is 6.55. The van der Waals surface area contributed by atoms with Gasteiger partial charge in [-0.25, -0.2) is 4.79 Å². The Morgan fingerprint density at radius 2 is 1.73 bits per heavy atom. The molecule has 1 aliphatic rings. The van der Waals surface area contributed by atoms with E-state index >= 15 is 0 Å². The van der Waals surface area contributed by atoms with E-state index in [2.05, 4.69) is 22.9 Å². The van der Waals surface area contributed by atoms with E-state index in [1.54, 1.807) is 6.92 Å². The fraction of sp³-hybridized carbons (Fsp3) is 0.348. The number of aryl methyl sites for hydroxylation is 4. The van der Waals surface area contributed by atoms with Gasteiger partial charge in [0, 0.05) is 4.90 Å². The molecule has 2 aromatic carbocycles. The number of imide groups is 1. The van der Waals surface area contributed by atoms with Gasteiger partial charge in [0.15, 0.2) is 0 Å². The van der Waals surface area contributed by atoms with Gasteiger partial charge in [0.05, 0.1) is 5.75 Å². The van der Waals surface area contributed by atoms with Crippen molar-refractivity contribution >= 4 is 29.6 Å². The Balaban J connectivity index is 1.59. The normalized spacial score (nSPS) is 18.5. The summed E-state index contributed by atoms with van der Waals surface area (Å²) in [6, 6.07) is 13.3. The molecule has 0 saturated carbocycles. The number of thioether (sulfide) groups is 1. The maximum absolute atomic E-state index is 12.8. The minimum absolute atomic E-state index is 0.114. The highest BCUT2D eigenvalue weighted by molar-refractivity contribution is 8.00. The molecule has 0 spiro atoms. The number of hydrogen-bond acceptors (Lipinski definition) is 4. The third kappa shape index (κ3) is 4.84. The molecular weight excluding hydrogens is 398 g/mol. The quantitative estimate of drug-likeness (QED) is 0.524. The monoisotopic (exact) mass is 425 g/mol. The fourth-order valence-electron chi connectivity index (χ4n) is 3.68. The molecule has 1 atom stereocenters. The van der Waals surface area contributed by atoms with Crippen molar-refractivity contribution < 1.29 is 14.4 Å². The number of urea groups is 1. The van der Waals surface area contributed by atoms with Crippen LogP contribution in [0.5, 0.6) is 0 Å². The van der Waals surface area contributed by atoms with Crippen LogP contribution in [0.3, 0.4) is 0 Å². The van der Waals surface area contributed by atoms with Crippen molar-refractivity contribution in [1.29, 1.82) is 0 Å². The first-order valence-corrected chi connectivity index (χ1v) is 10.9. The molecule has 0 aromatic heterocycles. The van der Waals surface area contributed by atoms with Crippen molar-refractivity contribution in [2.45, 2.75) is 51.0 Å². The summed E-state index contributed by atoms with van der Waals surface area (Å²) < 4.78 is 0. The summed E-state index contributed by atoms with van der Waals surface area (Å²) in [5, 5.41) is 3.53. The molecule has 3 rings (SSSR count). The predicted molar refractivity (Wildman–Crippen MR) is 118 cm³/mol. The molecule has 1 saturated heterocycles. The summed E-state index contributed by atoms with van der Waals surface area (Å²) in [6.45, 7) is 7.75. The van der Waals surface area contributed by atoms with Crippen LogP contribution in [0.4, 0.5) is 4.79 Å². The zero-order valence-electron chi connectivity index (χ0n) is 17.7. The van der Waals surface area contributed by atoms with Gasteiger partial charge >= 0.3 is 6.03 Å². The minimum atomic E-state index is -1.04. The number of benzene rings is 2. The zero-order valence-corrected chi connectivity index (χ0v) is 18.6. The second-order valence-corrected chi connectivity index (χ2v) is 8.93. The molecule has 1 fully saturated rings. The van der Waals surface area contributed by atoms with E-state index in [-0.39, 0.29) is 5.75 Å². The first-order chi connectivity index (χ1) is 14.2. The molecule has 2 N–H and O–H groups in total. The van der Waals surface area contributed by atoms with E-state index < -0.39 is 23.4 Å². The second kappa shape index (κ2) is 8.92. The highest BCUT2D eigenvalue weighted by Crippen LogP contribution is 2.28. The Kier molecular flexibility index (Phi) is 6.51. The smallest absolute Gasteiger partial charge is 0.322 e. The third-order valence-electron chi connectivity index (χ3n) is 5.21. The van der Waals surface area contributed by atoms with Gasteiger partial charge < -0.3 is 5.32 Å². The number of nitrogens with one attached hydrogen (secondary N) is 2. The van der Waals surface area contributed by atoms with E-state index in [1.165, 1.54) is 17.3 Å². The highest BCUT2D eigenvalue weighted by Gasteiger charge is 2.48. The molecule has 0 bridgehead atoms. The average molecular weight is 426 g/mol. The van der Waals surface area contributed by atoms with Crippen LogP contribution in [0.25, 0.3) is 0 Å². The standard InChI is InChI=1S/C23H27N3O3S/c1-15-12-16(2)20(17(3)13-15)30-14-19(27)25-26-21(28)23(4,24-22(26)29)11-10-18-8-6-5-7-9-18/h5-9,12-13H,10-11,14H2,1-4H3,(H,24,29)(H,25,27)/t23-/m0/s1. The van der Waals surface area contributed by atoms with E-state index in [0.717, 1.165) is 26.6 Å². The summed E-state index contributed by atoms with van der Waals surface area (Å²) in [4.78, 5) is 38.7. The summed E-state index contributed by atoms with van der Waals surface area (Å²) >= 11 is 1.40. The predicted octanol–water partition coefficient (Wildman–Crippen LogP) is 3.68. The van der Waals surface area contributed by atoms with Crippen LogP contribution in [0, 0.1) is 20.8 Å². The molecule has 1 aliphatic heterocycles. The van der Waals surface area contributed by atoms with Gasteiger partial charge in [0.1, 0.15) is 5.54 Å². The van der Waals surface area contributed by atoms with Crippen LogP contribution in [0.2, 0.25) is 0 Å². The van der Waals surface area contributed by atoms with E-state index in [0.29, 0.717) is 12.8 Å². The maximum Gasteiger partial charge on any atom is 0.344 e. The molecule has 4 amide bonds. The van der Waals surface area contributed by atoms with Gasteiger partial charge in [0.25, 0.3) is 5.91 Å². The van der Waals surface area contributed by atoms with Gasteiger partial charge in [-0.3, -0.25) is 15.0 Å². The van der Waals surface area contributed by atoms with Crippen LogP contribution in [-0.4, -0.2) is 34.1 Å². The van der Waals surface area contributed by atoms with Crippen LogP contribution < -0.4 is 10.7 Å². The summed E-state index contributed by atoms with van der Waals surface area (Å²) in [7, 11) is 0. The lowest BCUT2D eigenvalue weighted by atomic mass is 9.93. The fourth-order valence-corrected chi connectivity index (χ4v) is 4.60. The van der Waals surface area contributed by atoms with Gasteiger partial charge in [-0.1, -0.05) is 48.0 Å². The highest BCUT2D eigenvalue weighted by atomic mass is 32.2. The first kappa shape index (κ1) is 21.9. The number of rotatable bonds is 7. The molecule has 158 valence electrons. The maximum atomic E-state index is 12.8.